The van der Waals surface area contributed by atoms with Gasteiger partial charge in [0.2, 0.25) is 16.8 Å². The Hall–Kier alpha value is -1.87. The van der Waals surface area contributed by atoms with E-state index in [1.54, 1.807) is 0 Å². The SMILES string of the molecule is O=C(O)c1ccc(S(=O)(=O)N2CCCC2C(=O)NCCCC2CCCC2)o1. The number of nitrogens with one attached hydrogen (secondary N) is 1. The molecule has 8 nitrogen and oxygen atoms in total. The van der Waals surface area contributed by atoms with Gasteiger partial charge < -0.3 is 14.8 Å². The van der Waals surface area contributed by atoms with Gasteiger partial charge in [0.1, 0.15) is 6.04 Å². The Labute approximate surface area is 159 Å². The lowest BCUT2D eigenvalue weighted by molar-refractivity contribution is -0.124. The Morgan fingerprint density at radius 2 is 1.93 bits per heavy atom. The van der Waals surface area contributed by atoms with E-state index in [1.165, 1.54) is 25.7 Å². The number of aromatic carboxylic acids is 1. The molecule has 1 aromatic heterocycles. The summed E-state index contributed by atoms with van der Waals surface area (Å²) in [6.45, 7) is 0.759. The standard InChI is InChI=1S/C18H26N2O6S/c21-17(19-11-3-7-13-5-1-2-6-13)14-8-4-12-20(14)27(24,25)16-10-9-15(26-16)18(22)23/h9-10,13-14H,1-8,11-12H2,(H,19,21)(H,22,23). The predicted octanol–water partition coefficient (Wildman–Crippen LogP) is 2.22. The summed E-state index contributed by atoms with van der Waals surface area (Å²) in [5.41, 5.74) is 0. The summed E-state index contributed by atoms with van der Waals surface area (Å²) in [7, 11) is -4.05. The van der Waals surface area contributed by atoms with Crippen molar-refractivity contribution in [2.45, 2.75) is 62.5 Å². The predicted molar refractivity (Wildman–Crippen MR) is 96.8 cm³/mol. The van der Waals surface area contributed by atoms with E-state index in [1.807, 2.05) is 0 Å². The molecule has 1 saturated carbocycles. The summed E-state index contributed by atoms with van der Waals surface area (Å²) in [4.78, 5) is 23.4. The molecular formula is C18H26N2O6S. The van der Waals surface area contributed by atoms with Crippen LogP contribution >= 0.6 is 0 Å². The van der Waals surface area contributed by atoms with Crippen molar-refractivity contribution in [3.63, 3.8) is 0 Å². The molecular weight excluding hydrogens is 372 g/mol. The summed E-state index contributed by atoms with van der Waals surface area (Å²) in [6, 6.07) is 1.44. The fraction of sp³-hybridized carbons (Fsp3) is 0.667. The van der Waals surface area contributed by atoms with Crippen LogP contribution in [0.1, 0.15) is 61.9 Å². The van der Waals surface area contributed by atoms with Gasteiger partial charge in [-0.1, -0.05) is 25.7 Å². The van der Waals surface area contributed by atoms with Crippen molar-refractivity contribution in [3.8, 4) is 0 Å². The Morgan fingerprint density at radius 1 is 1.19 bits per heavy atom. The summed E-state index contributed by atoms with van der Waals surface area (Å²) >= 11 is 0. The van der Waals surface area contributed by atoms with Crippen LogP contribution in [0.3, 0.4) is 0 Å². The quantitative estimate of drug-likeness (QED) is 0.649. The van der Waals surface area contributed by atoms with Gasteiger partial charge in [0.25, 0.3) is 10.0 Å². The fourth-order valence-corrected chi connectivity index (χ4v) is 5.57. The second-order valence-corrected chi connectivity index (χ2v) is 9.10. The molecule has 2 heterocycles. The van der Waals surface area contributed by atoms with E-state index in [9.17, 15) is 18.0 Å². The van der Waals surface area contributed by atoms with Crippen LogP contribution in [0.4, 0.5) is 0 Å². The zero-order valence-electron chi connectivity index (χ0n) is 15.2. The number of carbonyl (C=O) groups excluding carboxylic acids is 1. The van der Waals surface area contributed by atoms with Crippen molar-refractivity contribution >= 4 is 21.9 Å². The average Bonchev–Trinajstić information content (AvgIpc) is 3.39. The van der Waals surface area contributed by atoms with E-state index >= 15 is 0 Å². The van der Waals surface area contributed by atoms with Gasteiger partial charge in [-0.05, 0) is 43.7 Å². The number of carbonyl (C=O) groups is 2. The van der Waals surface area contributed by atoms with Gasteiger partial charge in [-0.3, -0.25) is 4.79 Å². The van der Waals surface area contributed by atoms with E-state index in [0.29, 0.717) is 19.4 Å². The smallest absolute Gasteiger partial charge is 0.371 e. The molecule has 1 amide bonds. The third-order valence-corrected chi connectivity index (χ3v) is 7.21. The zero-order chi connectivity index (χ0) is 19.4. The molecule has 2 aliphatic rings. The molecule has 0 radical (unpaired) electrons. The van der Waals surface area contributed by atoms with Crippen LogP contribution in [-0.2, 0) is 14.8 Å². The molecule has 0 spiro atoms. The van der Waals surface area contributed by atoms with Crippen LogP contribution in [0, 0.1) is 5.92 Å². The van der Waals surface area contributed by atoms with Crippen molar-refractivity contribution < 1.29 is 27.5 Å². The molecule has 1 saturated heterocycles. The topological polar surface area (TPSA) is 117 Å². The summed E-state index contributed by atoms with van der Waals surface area (Å²) < 4.78 is 31.6. The molecule has 27 heavy (non-hydrogen) atoms. The second-order valence-electron chi connectivity index (χ2n) is 7.28. The first-order valence-electron chi connectivity index (χ1n) is 9.52. The van der Waals surface area contributed by atoms with Gasteiger partial charge >= 0.3 is 5.97 Å². The van der Waals surface area contributed by atoms with Crippen LogP contribution in [0.25, 0.3) is 0 Å². The molecule has 1 aliphatic heterocycles. The average molecular weight is 398 g/mol. The summed E-state index contributed by atoms with van der Waals surface area (Å²) in [5.74, 6) is -1.32. The lowest BCUT2D eigenvalue weighted by Gasteiger charge is -2.22. The van der Waals surface area contributed by atoms with Crippen molar-refractivity contribution in [2.75, 3.05) is 13.1 Å². The molecule has 0 bridgehead atoms. The van der Waals surface area contributed by atoms with Crippen molar-refractivity contribution in [1.82, 2.24) is 9.62 Å². The Balaban J connectivity index is 1.57. The summed E-state index contributed by atoms with van der Waals surface area (Å²) in [5, 5.41) is 11.3. The number of nitrogens with zero attached hydrogens (tertiary/aromatic N) is 1. The Bertz CT molecular complexity index is 782. The van der Waals surface area contributed by atoms with E-state index in [4.69, 9.17) is 9.52 Å². The lowest BCUT2D eigenvalue weighted by atomic mass is 10.0. The maximum absolute atomic E-state index is 12.7. The highest BCUT2D eigenvalue weighted by Crippen LogP contribution is 2.29. The molecule has 3 rings (SSSR count). The fourth-order valence-electron chi connectivity index (χ4n) is 4.00. The van der Waals surface area contributed by atoms with E-state index in [-0.39, 0.29) is 12.5 Å². The highest BCUT2D eigenvalue weighted by molar-refractivity contribution is 7.89. The Morgan fingerprint density at radius 3 is 2.59 bits per heavy atom. The minimum Gasteiger partial charge on any atom is -0.475 e. The van der Waals surface area contributed by atoms with E-state index in [0.717, 1.165) is 35.2 Å². The maximum atomic E-state index is 12.7. The van der Waals surface area contributed by atoms with Crippen molar-refractivity contribution in [3.05, 3.63) is 17.9 Å². The second kappa shape index (κ2) is 8.43. The lowest BCUT2D eigenvalue weighted by Crippen LogP contribution is -2.46. The molecule has 1 aliphatic carbocycles. The van der Waals surface area contributed by atoms with Gasteiger partial charge in [-0.2, -0.15) is 4.31 Å². The normalized spacial score (nSPS) is 21.6. The molecule has 9 heteroatoms. The van der Waals surface area contributed by atoms with Crippen LogP contribution in [0.15, 0.2) is 21.6 Å². The van der Waals surface area contributed by atoms with Crippen LogP contribution in [-0.4, -0.2) is 48.8 Å². The summed E-state index contributed by atoms with van der Waals surface area (Å²) in [6.07, 6.45) is 8.14. The van der Waals surface area contributed by atoms with Crippen LogP contribution in [0.2, 0.25) is 0 Å². The number of amides is 1. The molecule has 1 atom stereocenters. The number of hydrogen-bond acceptors (Lipinski definition) is 5. The number of rotatable bonds is 8. The molecule has 1 aromatic rings. The van der Waals surface area contributed by atoms with Crippen molar-refractivity contribution in [2.24, 2.45) is 5.92 Å². The molecule has 150 valence electrons. The van der Waals surface area contributed by atoms with E-state index in [2.05, 4.69) is 5.32 Å². The molecule has 2 fully saturated rings. The largest absolute Gasteiger partial charge is 0.475 e. The maximum Gasteiger partial charge on any atom is 0.371 e. The molecule has 2 N–H and O–H groups in total. The third kappa shape index (κ3) is 4.52. The zero-order valence-corrected chi connectivity index (χ0v) is 16.0. The van der Waals surface area contributed by atoms with Crippen LogP contribution in [0.5, 0.6) is 0 Å². The Kier molecular flexibility index (Phi) is 6.21. The van der Waals surface area contributed by atoms with Crippen LogP contribution < -0.4 is 5.32 Å². The number of sulfonamides is 1. The van der Waals surface area contributed by atoms with Gasteiger partial charge in [0.15, 0.2) is 0 Å². The number of hydrogen-bond donors (Lipinski definition) is 2. The monoisotopic (exact) mass is 398 g/mol. The molecule has 1 unspecified atom stereocenters. The van der Waals surface area contributed by atoms with Gasteiger partial charge in [0.05, 0.1) is 0 Å². The number of carboxylic acids is 1. The highest BCUT2D eigenvalue weighted by Gasteiger charge is 2.41. The third-order valence-electron chi connectivity index (χ3n) is 5.42. The van der Waals surface area contributed by atoms with Crippen molar-refractivity contribution in [1.29, 1.82) is 0 Å². The minimum absolute atomic E-state index is 0.214. The number of carboxylic acid groups (broad SMARTS) is 1. The minimum atomic E-state index is -4.05. The van der Waals surface area contributed by atoms with Gasteiger partial charge in [-0.15, -0.1) is 0 Å². The van der Waals surface area contributed by atoms with Gasteiger partial charge in [0, 0.05) is 13.1 Å². The first-order valence-corrected chi connectivity index (χ1v) is 11.0. The first kappa shape index (κ1) is 19.9. The molecule has 0 aromatic carbocycles. The van der Waals surface area contributed by atoms with E-state index < -0.39 is 32.9 Å². The highest BCUT2D eigenvalue weighted by atomic mass is 32.2. The van der Waals surface area contributed by atoms with Gasteiger partial charge in [-0.25, -0.2) is 13.2 Å². The first-order chi connectivity index (χ1) is 12.9. The number of furan rings is 1.